The average Bonchev–Trinajstić information content (AvgIpc) is 3.30. The van der Waals surface area contributed by atoms with Crippen LogP contribution in [0.2, 0.25) is 0 Å². The highest BCUT2D eigenvalue weighted by Crippen LogP contribution is 2.13. The Kier molecular flexibility index (Phi) is 51.0. The lowest BCUT2D eigenvalue weighted by molar-refractivity contribution is -0.163. The van der Waals surface area contributed by atoms with E-state index in [1.54, 1.807) is 0 Å². The van der Waals surface area contributed by atoms with E-state index >= 15 is 0 Å². The molecule has 5 heteroatoms. The van der Waals surface area contributed by atoms with Gasteiger partial charge in [0.15, 0.2) is 6.10 Å². The fourth-order valence-corrected chi connectivity index (χ4v) is 6.90. The molecule has 64 heavy (non-hydrogen) atoms. The Hall–Kier alpha value is -3.44. The van der Waals surface area contributed by atoms with Crippen molar-refractivity contribution in [2.75, 3.05) is 19.8 Å². The molecule has 0 aromatic carbocycles. The fourth-order valence-electron chi connectivity index (χ4n) is 6.90. The van der Waals surface area contributed by atoms with E-state index in [0.29, 0.717) is 19.4 Å². The molecule has 1 unspecified atom stereocenters. The predicted molar refractivity (Wildman–Crippen MR) is 279 cm³/mol. The number of carbonyl (C=O) groups excluding carboxylic acids is 2. The zero-order valence-corrected chi connectivity index (χ0v) is 41.8. The molecule has 0 aromatic rings. The van der Waals surface area contributed by atoms with E-state index in [0.717, 1.165) is 122 Å². The molecule has 0 N–H and O–H groups in total. The van der Waals surface area contributed by atoms with Crippen molar-refractivity contribution in [2.24, 2.45) is 0 Å². The second-order valence-corrected chi connectivity index (χ2v) is 17.0. The van der Waals surface area contributed by atoms with Crippen LogP contribution in [0.25, 0.3) is 0 Å². The Morgan fingerprint density at radius 3 is 1.14 bits per heavy atom. The third kappa shape index (κ3) is 51.2. The van der Waals surface area contributed by atoms with Crippen molar-refractivity contribution >= 4 is 11.9 Å². The first kappa shape index (κ1) is 60.6. The second kappa shape index (κ2) is 53.9. The molecular weight excluding hydrogens is 789 g/mol. The molecule has 0 rings (SSSR count). The Morgan fingerprint density at radius 1 is 0.359 bits per heavy atom. The smallest absolute Gasteiger partial charge is 0.306 e. The zero-order valence-electron chi connectivity index (χ0n) is 41.8. The van der Waals surface area contributed by atoms with Crippen molar-refractivity contribution in [3.8, 4) is 0 Å². The molecule has 0 aromatic heterocycles. The van der Waals surface area contributed by atoms with Crippen LogP contribution >= 0.6 is 0 Å². The second-order valence-electron chi connectivity index (χ2n) is 17.0. The van der Waals surface area contributed by atoms with E-state index in [1.165, 1.54) is 70.6 Å². The first-order valence-electron chi connectivity index (χ1n) is 26.4. The Labute approximate surface area is 395 Å². The summed E-state index contributed by atoms with van der Waals surface area (Å²) in [5.41, 5.74) is 0. The summed E-state index contributed by atoms with van der Waals surface area (Å²) in [5, 5.41) is 0. The van der Waals surface area contributed by atoms with Gasteiger partial charge in [0.05, 0.1) is 6.61 Å². The monoisotopic (exact) mass is 887 g/mol. The number of esters is 2. The molecule has 0 heterocycles. The van der Waals surface area contributed by atoms with Crippen molar-refractivity contribution < 1.29 is 23.8 Å². The Morgan fingerprint density at radius 2 is 0.703 bits per heavy atom. The van der Waals surface area contributed by atoms with Crippen molar-refractivity contribution in [1.82, 2.24) is 0 Å². The van der Waals surface area contributed by atoms with Crippen LogP contribution in [0.4, 0.5) is 0 Å². The molecule has 0 amide bonds. The normalized spacial score (nSPS) is 13.1. The number of hydrogen-bond donors (Lipinski definition) is 0. The average molecular weight is 887 g/mol. The van der Waals surface area contributed by atoms with Gasteiger partial charge in [-0.05, 0) is 122 Å². The van der Waals surface area contributed by atoms with Crippen LogP contribution in [0.3, 0.4) is 0 Å². The van der Waals surface area contributed by atoms with Gasteiger partial charge in [0, 0.05) is 19.4 Å². The van der Waals surface area contributed by atoms with E-state index in [9.17, 15) is 9.59 Å². The summed E-state index contributed by atoms with van der Waals surface area (Å²) >= 11 is 0. The molecule has 0 saturated heterocycles. The van der Waals surface area contributed by atoms with Crippen molar-refractivity contribution in [3.05, 3.63) is 109 Å². The van der Waals surface area contributed by atoms with Crippen LogP contribution in [0.5, 0.6) is 0 Å². The molecule has 0 fully saturated rings. The lowest BCUT2D eigenvalue weighted by atomic mass is 10.1. The summed E-state index contributed by atoms with van der Waals surface area (Å²) in [6, 6.07) is 0. The predicted octanol–water partition coefficient (Wildman–Crippen LogP) is 18.0. The van der Waals surface area contributed by atoms with Gasteiger partial charge in [-0.2, -0.15) is 0 Å². The van der Waals surface area contributed by atoms with E-state index in [-0.39, 0.29) is 25.2 Å². The molecule has 0 radical (unpaired) electrons. The molecule has 0 aliphatic rings. The summed E-state index contributed by atoms with van der Waals surface area (Å²) in [6.45, 7) is 7.50. The minimum absolute atomic E-state index is 0.0548. The van der Waals surface area contributed by atoms with Gasteiger partial charge in [0.2, 0.25) is 0 Å². The number of ether oxygens (including phenoxy) is 3. The minimum atomic E-state index is -0.571. The summed E-state index contributed by atoms with van der Waals surface area (Å²) in [7, 11) is 0. The molecule has 1 atom stereocenters. The summed E-state index contributed by atoms with van der Waals surface area (Å²) in [6.07, 6.45) is 73.8. The summed E-state index contributed by atoms with van der Waals surface area (Å²) < 4.78 is 17.4. The lowest BCUT2D eigenvalue weighted by Crippen LogP contribution is -2.30. The van der Waals surface area contributed by atoms with Gasteiger partial charge >= 0.3 is 11.9 Å². The third-order valence-corrected chi connectivity index (χ3v) is 10.8. The van der Waals surface area contributed by atoms with Gasteiger partial charge in [0.25, 0.3) is 0 Å². The van der Waals surface area contributed by atoms with E-state index in [1.807, 2.05) is 0 Å². The van der Waals surface area contributed by atoms with Crippen LogP contribution < -0.4 is 0 Å². The third-order valence-electron chi connectivity index (χ3n) is 10.8. The van der Waals surface area contributed by atoms with Gasteiger partial charge in [-0.3, -0.25) is 9.59 Å². The summed E-state index contributed by atoms with van der Waals surface area (Å²) in [4.78, 5) is 25.4. The largest absolute Gasteiger partial charge is 0.462 e. The topological polar surface area (TPSA) is 61.8 Å². The highest BCUT2D eigenvalue weighted by Gasteiger charge is 2.17. The lowest BCUT2D eigenvalue weighted by Gasteiger charge is -2.18. The van der Waals surface area contributed by atoms with Gasteiger partial charge in [0.1, 0.15) is 6.61 Å². The van der Waals surface area contributed by atoms with Gasteiger partial charge in [-0.25, -0.2) is 0 Å². The zero-order chi connectivity index (χ0) is 46.3. The maximum absolute atomic E-state index is 12.8. The molecule has 364 valence electrons. The van der Waals surface area contributed by atoms with Gasteiger partial charge in [-0.1, -0.05) is 201 Å². The quantitative estimate of drug-likeness (QED) is 0.0346. The number of allylic oxidation sites excluding steroid dienone is 18. The highest BCUT2D eigenvalue weighted by molar-refractivity contribution is 5.70. The van der Waals surface area contributed by atoms with E-state index in [2.05, 4.69) is 130 Å². The SMILES string of the molecule is CC/C=C\C/C=C\C/C=C\CCCCCCCCOCC(COC(=O)CCCCCCCC/C=C\C/C=C\C/C=C\CCCCC)OC(=O)CCCCC/C=C\C/C=C\C/C=C\CC. The Bertz CT molecular complexity index is 1280. The molecule has 0 aliphatic heterocycles. The number of unbranched alkanes of at least 4 members (excludes halogenated alkanes) is 18. The first-order valence-corrected chi connectivity index (χ1v) is 26.4. The van der Waals surface area contributed by atoms with Crippen molar-refractivity contribution in [2.45, 2.75) is 232 Å². The fraction of sp³-hybridized carbons (Fsp3) is 0.661. The van der Waals surface area contributed by atoms with Crippen LogP contribution in [-0.2, 0) is 23.8 Å². The summed E-state index contributed by atoms with van der Waals surface area (Å²) in [5.74, 6) is -0.458. The van der Waals surface area contributed by atoms with Crippen LogP contribution in [0, 0.1) is 0 Å². The van der Waals surface area contributed by atoms with Crippen LogP contribution in [0.1, 0.15) is 226 Å². The van der Waals surface area contributed by atoms with Gasteiger partial charge < -0.3 is 14.2 Å². The molecule has 0 bridgehead atoms. The first-order chi connectivity index (χ1) is 31.6. The maximum atomic E-state index is 12.8. The van der Waals surface area contributed by atoms with Gasteiger partial charge in [-0.15, -0.1) is 0 Å². The number of carbonyl (C=O) groups is 2. The van der Waals surface area contributed by atoms with Crippen LogP contribution in [0.15, 0.2) is 109 Å². The van der Waals surface area contributed by atoms with Crippen LogP contribution in [-0.4, -0.2) is 37.9 Å². The number of hydrogen-bond acceptors (Lipinski definition) is 5. The van der Waals surface area contributed by atoms with Crippen molar-refractivity contribution in [1.29, 1.82) is 0 Å². The molecule has 5 nitrogen and oxygen atoms in total. The standard InChI is InChI=1S/C59H98O5/c1-4-7-10-13-16-19-22-25-27-29-30-31-32-35-37-40-43-46-49-52-58(60)63-56-57(64-59(61)53-50-47-44-41-38-34-24-21-18-15-12-9-6-3)55-62-54-51-48-45-42-39-36-33-28-26-23-20-17-14-11-8-5-2/h8-9,11-12,16-21,25-28,30-31,34,38,57H,4-7,10,13-15,22-24,29,32-33,35-37,39-56H2,1-3H3/b11-8-,12-9-,19-16-,20-17-,21-18-,27-25-,28-26-,31-30-,38-34-. The maximum Gasteiger partial charge on any atom is 0.306 e. The molecule has 0 saturated carbocycles. The highest BCUT2D eigenvalue weighted by atomic mass is 16.6. The van der Waals surface area contributed by atoms with E-state index in [4.69, 9.17) is 14.2 Å². The molecule has 0 spiro atoms. The van der Waals surface area contributed by atoms with Crippen molar-refractivity contribution in [3.63, 3.8) is 0 Å². The minimum Gasteiger partial charge on any atom is -0.462 e. The molecule has 0 aliphatic carbocycles. The molecular formula is C59H98O5. The number of rotatable bonds is 47. The Balaban J connectivity index is 4.35. The van der Waals surface area contributed by atoms with E-state index < -0.39 is 6.10 Å².